The number of carbonyl (C=O) groups excluding carboxylic acids is 1. The minimum atomic E-state index is -4.30. The van der Waals surface area contributed by atoms with Crippen molar-refractivity contribution in [2.45, 2.75) is 19.1 Å². The summed E-state index contributed by atoms with van der Waals surface area (Å²) in [5.74, 6) is -0.435. The van der Waals surface area contributed by atoms with Crippen molar-refractivity contribution in [2.24, 2.45) is 0 Å². The van der Waals surface area contributed by atoms with Crippen molar-refractivity contribution in [1.29, 1.82) is 0 Å². The summed E-state index contributed by atoms with van der Waals surface area (Å²) in [6.45, 7) is 1.62. The highest BCUT2D eigenvalue weighted by atomic mass is 35.5. The van der Waals surface area contributed by atoms with Gasteiger partial charge in [0.2, 0.25) is 5.91 Å². The maximum absolute atomic E-state index is 11.6. The highest BCUT2D eigenvalue weighted by molar-refractivity contribution is 7.52. The Balaban J connectivity index is 2.79. The maximum atomic E-state index is 11.6. The van der Waals surface area contributed by atoms with E-state index in [4.69, 9.17) is 21.4 Å². The normalized spacial score (nSPS) is 13.1. The number of benzene rings is 1. The summed E-state index contributed by atoms with van der Waals surface area (Å²) in [6, 6.07) is 9.25. The minimum Gasteiger partial charge on any atom is -0.338 e. The Morgan fingerprint density at radius 2 is 1.95 bits per heavy atom. The molecule has 1 atom stereocenters. The number of alkyl halides is 1. The SMILES string of the molecule is CC(=O)N(Cc1ccccc1)CC(CCl)P(=O)(O)O. The molecule has 1 aromatic rings. The molecule has 106 valence electrons. The third kappa shape index (κ3) is 5.33. The molecule has 1 unspecified atom stereocenters. The molecule has 0 aliphatic rings. The quantitative estimate of drug-likeness (QED) is 0.621. The van der Waals surface area contributed by atoms with Crippen LogP contribution in [0.4, 0.5) is 0 Å². The summed E-state index contributed by atoms with van der Waals surface area (Å²) < 4.78 is 11.2. The first kappa shape index (κ1) is 16.2. The average Bonchev–Trinajstić information content (AvgIpc) is 2.33. The molecule has 19 heavy (non-hydrogen) atoms. The van der Waals surface area contributed by atoms with Crippen LogP contribution in [0.15, 0.2) is 30.3 Å². The van der Waals surface area contributed by atoms with Gasteiger partial charge in [0.15, 0.2) is 0 Å². The number of hydrogen-bond acceptors (Lipinski definition) is 2. The van der Waals surface area contributed by atoms with Gasteiger partial charge in [0.05, 0.1) is 5.66 Å². The van der Waals surface area contributed by atoms with Gasteiger partial charge in [-0.2, -0.15) is 0 Å². The average molecular weight is 306 g/mol. The van der Waals surface area contributed by atoms with Gasteiger partial charge in [-0.15, -0.1) is 11.6 Å². The van der Waals surface area contributed by atoms with Crippen molar-refractivity contribution >= 4 is 25.1 Å². The lowest BCUT2D eigenvalue weighted by atomic mass is 10.2. The smallest absolute Gasteiger partial charge is 0.331 e. The summed E-state index contributed by atoms with van der Waals surface area (Å²) in [7, 11) is -4.30. The van der Waals surface area contributed by atoms with Crippen LogP contribution in [0, 0.1) is 0 Å². The van der Waals surface area contributed by atoms with Gasteiger partial charge in [0.1, 0.15) is 0 Å². The Hall–Kier alpha value is -0.870. The molecule has 5 nitrogen and oxygen atoms in total. The predicted molar refractivity (Wildman–Crippen MR) is 74.1 cm³/mol. The second-order valence-corrected chi connectivity index (χ2v) is 6.50. The zero-order valence-electron chi connectivity index (χ0n) is 10.6. The van der Waals surface area contributed by atoms with E-state index in [1.54, 1.807) is 0 Å². The Morgan fingerprint density at radius 3 is 2.37 bits per heavy atom. The van der Waals surface area contributed by atoms with Gasteiger partial charge < -0.3 is 14.7 Å². The summed E-state index contributed by atoms with van der Waals surface area (Å²) in [6.07, 6.45) is 0. The van der Waals surface area contributed by atoms with Gasteiger partial charge >= 0.3 is 7.60 Å². The van der Waals surface area contributed by atoms with Crippen LogP contribution >= 0.6 is 19.2 Å². The molecule has 0 aliphatic heterocycles. The number of hydrogen-bond donors (Lipinski definition) is 2. The van der Waals surface area contributed by atoms with E-state index in [0.717, 1.165) is 5.56 Å². The van der Waals surface area contributed by atoms with Crippen LogP contribution in [0.2, 0.25) is 0 Å². The largest absolute Gasteiger partial charge is 0.338 e. The summed E-state index contributed by atoms with van der Waals surface area (Å²) in [5, 5.41) is 0. The third-order valence-electron chi connectivity index (χ3n) is 2.75. The fourth-order valence-corrected chi connectivity index (χ4v) is 2.83. The molecule has 1 rings (SSSR count). The third-order valence-corrected chi connectivity index (χ3v) is 4.63. The molecule has 1 amide bonds. The van der Waals surface area contributed by atoms with Gasteiger partial charge in [-0.1, -0.05) is 30.3 Å². The van der Waals surface area contributed by atoms with E-state index in [-0.39, 0.29) is 18.3 Å². The monoisotopic (exact) mass is 305 g/mol. The van der Waals surface area contributed by atoms with E-state index in [0.29, 0.717) is 6.54 Å². The topological polar surface area (TPSA) is 77.8 Å². The second-order valence-electron chi connectivity index (χ2n) is 4.28. The van der Waals surface area contributed by atoms with Gasteiger partial charge in [-0.05, 0) is 5.56 Å². The zero-order chi connectivity index (χ0) is 14.5. The summed E-state index contributed by atoms with van der Waals surface area (Å²) in [4.78, 5) is 31.3. The molecule has 0 fully saturated rings. The van der Waals surface area contributed by atoms with Gasteiger partial charge in [0.25, 0.3) is 0 Å². The van der Waals surface area contributed by atoms with Crippen molar-refractivity contribution in [2.75, 3.05) is 12.4 Å². The Morgan fingerprint density at radius 1 is 1.37 bits per heavy atom. The zero-order valence-corrected chi connectivity index (χ0v) is 12.2. The first-order chi connectivity index (χ1) is 8.84. The molecular weight excluding hydrogens is 289 g/mol. The number of nitrogens with zero attached hydrogens (tertiary/aromatic N) is 1. The molecule has 0 saturated carbocycles. The summed E-state index contributed by atoms with van der Waals surface area (Å²) in [5.41, 5.74) is -0.140. The first-order valence-electron chi connectivity index (χ1n) is 5.75. The molecule has 2 N–H and O–H groups in total. The van der Waals surface area contributed by atoms with Crippen LogP contribution in [0.3, 0.4) is 0 Å². The number of halogens is 1. The Bertz CT molecular complexity index is 462. The molecule has 0 radical (unpaired) electrons. The lowest BCUT2D eigenvalue weighted by molar-refractivity contribution is -0.129. The van der Waals surface area contributed by atoms with Crippen LogP contribution in [-0.4, -0.2) is 38.7 Å². The minimum absolute atomic E-state index is 0.0575. The fraction of sp³-hybridized carbons (Fsp3) is 0.417. The van der Waals surface area contributed by atoms with Crippen LogP contribution < -0.4 is 0 Å². The van der Waals surface area contributed by atoms with Crippen molar-refractivity contribution in [3.63, 3.8) is 0 Å². The number of amides is 1. The van der Waals surface area contributed by atoms with Crippen molar-refractivity contribution in [3.05, 3.63) is 35.9 Å². The van der Waals surface area contributed by atoms with E-state index < -0.39 is 13.3 Å². The number of carbonyl (C=O) groups is 1. The molecule has 0 saturated heterocycles. The Kier molecular flexibility index (Phi) is 6.01. The molecule has 0 spiro atoms. The maximum Gasteiger partial charge on any atom is 0.331 e. The first-order valence-corrected chi connectivity index (χ1v) is 7.97. The van der Waals surface area contributed by atoms with E-state index >= 15 is 0 Å². The van der Waals surface area contributed by atoms with Gasteiger partial charge in [-0.25, -0.2) is 0 Å². The highest BCUT2D eigenvalue weighted by Crippen LogP contribution is 2.42. The van der Waals surface area contributed by atoms with E-state index in [1.807, 2.05) is 30.3 Å². The van der Waals surface area contributed by atoms with Crippen LogP contribution in [0.5, 0.6) is 0 Å². The predicted octanol–water partition coefficient (Wildman–Crippen LogP) is 1.82. The molecule has 0 bridgehead atoms. The molecule has 7 heteroatoms. The molecule has 0 heterocycles. The second kappa shape index (κ2) is 7.06. The van der Waals surface area contributed by atoms with Gasteiger partial charge in [-0.3, -0.25) is 9.36 Å². The van der Waals surface area contributed by atoms with Gasteiger partial charge in [0, 0.05) is 25.9 Å². The van der Waals surface area contributed by atoms with Crippen molar-refractivity contribution in [3.8, 4) is 0 Å². The van der Waals surface area contributed by atoms with E-state index in [1.165, 1.54) is 11.8 Å². The lowest BCUT2D eigenvalue weighted by Gasteiger charge is -2.26. The standard InChI is InChI=1S/C12H17ClNO4P/c1-10(15)14(8-11-5-3-2-4-6-11)9-12(7-13)19(16,17)18/h2-6,12H,7-9H2,1H3,(H2,16,17,18). The number of rotatable bonds is 6. The van der Waals surface area contributed by atoms with Crippen molar-refractivity contribution in [1.82, 2.24) is 4.90 Å². The highest BCUT2D eigenvalue weighted by Gasteiger charge is 2.30. The van der Waals surface area contributed by atoms with E-state index in [9.17, 15) is 9.36 Å². The van der Waals surface area contributed by atoms with E-state index in [2.05, 4.69) is 0 Å². The van der Waals surface area contributed by atoms with Crippen LogP contribution in [0.25, 0.3) is 0 Å². The fourth-order valence-electron chi connectivity index (χ4n) is 1.61. The molecule has 0 aliphatic carbocycles. The van der Waals surface area contributed by atoms with Crippen LogP contribution in [0.1, 0.15) is 12.5 Å². The molecule has 0 aromatic heterocycles. The van der Waals surface area contributed by atoms with Crippen LogP contribution in [-0.2, 0) is 15.9 Å². The molecular formula is C12H17ClNO4P. The summed E-state index contributed by atoms with van der Waals surface area (Å²) >= 11 is 5.57. The van der Waals surface area contributed by atoms with Crippen molar-refractivity contribution < 1.29 is 19.1 Å². The Labute approximate surface area is 117 Å². The lowest BCUT2D eigenvalue weighted by Crippen LogP contribution is -2.36. The molecule has 1 aromatic carbocycles.